The van der Waals surface area contributed by atoms with Gasteiger partial charge in [0.05, 0.1) is 0 Å². The van der Waals surface area contributed by atoms with Crippen LogP contribution in [-0.4, -0.2) is 21.1 Å². The zero-order valence-corrected chi connectivity index (χ0v) is 8.81. The van der Waals surface area contributed by atoms with Gasteiger partial charge in [-0.25, -0.2) is 0 Å². The number of nitrogens with one attached hydrogen (secondary N) is 2. The van der Waals surface area contributed by atoms with Crippen molar-refractivity contribution in [3.05, 3.63) is 29.3 Å². The fraction of sp³-hybridized carbons (Fsp3) is 0.400. The molecule has 0 radical (unpaired) electrons. The van der Waals surface area contributed by atoms with Gasteiger partial charge in [-0.3, -0.25) is 0 Å². The molecule has 0 atom stereocenters. The maximum atomic E-state index is 3.24. The van der Waals surface area contributed by atoms with Crippen LogP contribution in [0.5, 0.6) is 0 Å². The molecule has 0 aromatic heterocycles. The van der Waals surface area contributed by atoms with E-state index in [0.29, 0.717) is 0 Å². The first-order valence-corrected chi connectivity index (χ1v) is 4.61. The molecule has 0 amide bonds. The van der Waals surface area contributed by atoms with Crippen molar-refractivity contribution in [1.29, 1.82) is 0 Å². The lowest BCUT2D eigenvalue weighted by atomic mass is 9.65. The average molecular weight is 176 g/mol. The van der Waals surface area contributed by atoms with E-state index >= 15 is 0 Å². The molecule has 13 heavy (non-hydrogen) atoms. The van der Waals surface area contributed by atoms with Gasteiger partial charge in [0.2, 0.25) is 0 Å². The van der Waals surface area contributed by atoms with Crippen LogP contribution < -0.4 is 15.9 Å². The highest BCUT2D eigenvalue weighted by atomic mass is 14.9. The van der Waals surface area contributed by atoms with E-state index in [1.165, 1.54) is 16.6 Å². The summed E-state index contributed by atoms with van der Waals surface area (Å²) in [6.07, 6.45) is 0. The molecular formula is C10H17BN2. The van der Waals surface area contributed by atoms with Crippen molar-refractivity contribution in [3.8, 4) is 0 Å². The Bertz CT molecular complexity index is 262. The van der Waals surface area contributed by atoms with Crippen LogP contribution in [0.15, 0.2) is 18.2 Å². The van der Waals surface area contributed by atoms with Crippen molar-refractivity contribution >= 4 is 12.4 Å². The second-order valence-electron chi connectivity index (χ2n) is 3.32. The lowest BCUT2D eigenvalue weighted by molar-refractivity contribution is 1.09. The molecular weight excluding hydrogens is 159 g/mol. The van der Waals surface area contributed by atoms with E-state index in [1.54, 1.807) is 0 Å². The Kier molecular flexibility index (Phi) is 3.52. The first-order valence-electron chi connectivity index (χ1n) is 4.61. The second-order valence-corrected chi connectivity index (χ2v) is 3.32. The molecule has 0 heterocycles. The molecule has 0 aliphatic carbocycles. The third-order valence-electron chi connectivity index (χ3n) is 2.41. The van der Waals surface area contributed by atoms with Gasteiger partial charge >= 0.3 is 6.98 Å². The van der Waals surface area contributed by atoms with E-state index in [0.717, 1.165) is 0 Å². The van der Waals surface area contributed by atoms with Crippen LogP contribution in [0, 0.1) is 13.8 Å². The Morgan fingerprint density at radius 3 is 1.85 bits per heavy atom. The minimum absolute atomic E-state index is 0.251. The summed E-state index contributed by atoms with van der Waals surface area (Å²) in [6, 6.07) is 6.38. The Morgan fingerprint density at radius 2 is 1.46 bits per heavy atom. The quantitative estimate of drug-likeness (QED) is 0.653. The molecule has 3 heteroatoms. The topological polar surface area (TPSA) is 24.1 Å². The fourth-order valence-corrected chi connectivity index (χ4v) is 1.72. The van der Waals surface area contributed by atoms with Crippen LogP contribution in [0.2, 0.25) is 0 Å². The van der Waals surface area contributed by atoms with Crippen molar-refractivity contribution in [2.24, 2.45) is 0 Å². The van der Waals surface area contributed by atoms with Crippen LogP contribution in [-0.2, 0) is 0 Å². The minimum Gasteiger partial charge on any atom is -0.341 e. The molecule has 2 nitrogen and oxygen atoms in total. The highest BCUT2D eigenvalue weighted by Gasteiger charge is 2.16. The summed E-state index contributed by atoms with van der Waals surface area (Å²) in [5.74, 6) is 0. The smallest absolute Gasteiger partial charge is 0.340 e. The maximum Gasteiger partial charge on any atom is 0.340 e. The van der Waals surface area contributed by atoms with Crippen LogP contribution in [0.3, 0.4) is 0 Å². The first kappa shape index (κ1) is 10.3. The van der Waals surface area contributed by atoms with Crippen molar-refractivity contribution in [1.82, 2.24) is 10.5 Å². The van der Waals surface area contributed by atoms with Crippen molar-refractivity contribution in [2.45, 2.75) is 13.8 Å². The zero-order valence-electron chi connectivity index (χ0n) is 8.81. The average Bonchev–Trinajstić information content (AvgIpc) is 2.11. The Hall–Kier alpha value is -0.795. The van der Waals surface area contributed by atoms with Crippen LogP contribution in [0.1, 0.15) is 11.1 Å². The molecule has 0 saturated carbocycles. The summed E-state index contributed by atoms with van der Waals surface area (Å²) >= 11 is 0. The molecule has 0 saturated heterocycles. The van der Waals surface area contributed by atoms with Crippen molar-refractivity contribution in [3.63, 3.8) is 0 Å². The molecule has 0 aliphatic heterocycles. The van der Waals surface area contributed by atoms with Gasteiger partial charge in [-0.2, -0.15) is 0 Å². The fourth-order valence-electron chi connectivity index (χ4n) is 1.72. The lowest BCUT2D eigenvalue weighted by Crippen LogP contribution is -2.55. The molecule has 70 valence electrons. The van der Waals surface area contributed by atoms with Gasteiger partial charge in [-0.05, 0) is 33.4 Å². The van der Waals surface area contributed by atoms with Gasteiger partial charge in [0.15, 0.2) is 0 Å². The molecule has 2 N–H and O–H groups in total. The lowest BCUT2D eigenvalue weighted by Gasteiger charge is -2.16. The van der Waals surface area contributed by atoms with Gasteiger partial charge < -0.3 is 10.5 Å². The Morgan fingerprint density at radius 1 is 1.00 bits per heavy atom. The van der Waals surface area contributed by atoms with Crippen LogP contribution in [0.25, 0.3) is 0 Å². The van der Waals surface area contributed by atoms with E-state index in [4.69, 9.17) is 0 Å². The molecule has 1 aromatic rings. The highest BCUT2D eigenvalue weighted by Crippen LogP contribution is 1.99. The van der Waals surface area contributed by atoms with Gasteiger partial charge in [0.1, 0.15) is 0 Å². The number of hydrogen-bond donors (Lipinski definition) is 2. The van der Waals surface area contributed by atoms with Crippen molar-refractivity contribution < 1.29 is 0 Å². The molecule has 0 spiro atoms. The molecule has 1 aromatic carbocycles. The Labute approximate surface area is 80.9 Å². The number of rotatable bonds is 3. The zero-order chi connectivity index (χ0) is 9.84. The van der Waals surface area contributed by atoms with Gasteiger partial charge in [-0.1, -0.05) is 29.3 Å². The van der Waals surface area contributed by atoms with Gasteiger partial charge in [0, 0.05) is 0 Å². The molecule has 0 unspecified atom stereocenters. The summed E-state index contributed by atoms with van der Waals surface area (Å²) in [7, 11) is 3.93. The summed E-state index contributed by atoms with van der Waals surface area (Å²) in [6.45, 7) is 4.54. The number of benzene rings is 1. The predicted octanol–water partition coefficient (Wildman–Crippen LogP) is 0.437. The van der Waals surface area contributed by atoms with E-state index < -0.39 is 0 Å². The van der Waals surface area contributed by atoms with Gasteiger partial charge in [0.25, 0.3) is 0 Å². The SMILES string of the molecule is CNB(NC)c1c(C)cccc1C. The van der Waals surface area contributed by atoms with E-state index in [2.05, 4.69) is 42.5 Å². The third-order valence-corrected chi connectivity index (χ3v) is 2.41. The second kappa shape index (κ2) is 4.44. The highest BCUT2D eigenvalue weighted by molar-refractivity contribution is 6.69. The predicted molar refractivity (Wildman–Crippen MR) is 59.4 cm³/mol. The maximum absolute atomic E-state index is 3.24. The summed E-state index contributed by atoms with van der Waals surface area (Å²) < 4.78 is 0. The van der Waals surface area contributed by atoms with E-state index in [1.807, 2.05) is 14.1 Å². The van der Waals surface area contributed by atoms with Crippen LogP contribution in [0.4, 0.5) is 0 Å². The molecule has 1 rings (SSSR count). The first-order chi connectivity index (χ1) is 6.20. The summed E-state index contributed by atoms with van der Waals surface area (Å²) in [5.41, 5.74) is 4.01. The monoisotopic (exact) mass is 176 g/mol. The summed E-state index contributed by atoms with van der Waals surface area (Å²) in [4.78, 5) is 0. The van der Waals surface area contributed by atoms with E-state index in [-0.39, 0.29) is 6.98 Å². The number of hydrogen-bond acceptors (Lipinski definition) is 2. The van der Waals surface area contributed by atoms with Crippen molar-refractivity contribution in [2.75, 3.05) is 14.1 Å². The van der Waals surface area contributed by atoms with E-state index in [9.17, 15) is 0 Å². The molecule has 0 aliphatic rings. The minimum atomic E-state index is 0.251. The molecule has 0 bridgehead atoms. The standard InChI is InChI=1S/C10H17BN2/c1-8-6-5-7-9(2)10(8)11(12-3)13-4/h5-7,12-13H,1-4H3. The largest absolute Gasteiger partial charge is 0.341 e. The third kappa shape index (κ3) is 2.11. The number of aryl methyl sites for hydroxylation is 2. The van der Waals surface area contributed by atoms with Gasteiger partial charge in [-0.15, -0.1) is 0 Å². The summed E-state index contributed by atoms with van der Waals surface area (Å²) in [5, 5.41) is 6.48. The van der Waals surface area contributed by atoms with Crippen LogP contribution >= 0.6 is 0 Å². The normalized spacial score (nSPS) is 10.2. The Balaban J connectivity index is 3.10. The molecule has 0 fully saturated rings.